The number of carbonyl (C=O) groups excluding carboxylic acids is 1. The summed E-state index contributed by atoms with van der Waals surface area (Å²) in [7, 11) is 0. The Balaban J connectivity index is 2.07. The van der Waals surface area contributed by atoms with E-state index in [0.717, 1.165) is 11.3 Å². The van der Waals surface area contributed by atoms with Crippen molar-refractivity contribution < 1.29 is 23.1 Å². The number of alkyl halides is 3. The van der Waals surface area contributed by atoms with Gasteiger partial charge >= 0.3 is 6.18 Å². The number of halogens is 3. The number of aliphatic hydroxyl groups is 1. The molecule has 0 bridgehead atoms. The summed E-state index contributed by atoms with van der Waals surface area (Å²) in [5.74, 6) is 4.25. The molecule has 0 unspecified atom stereocenters. The van der Waals surface area contributed by atoms with Crippen LogP contribution in [0.1, 0.15) is 28.1 Å². The second-order valence-corrected chi connectivity index (χ2v) is 5.10. The molecule has 1 aliphatic rings. The molecule has 0 aromatic carbocycles. The lowest BCUT2D eigenvalue weighted by Gasteiger charge is -2.20. The molecule has 1 aromatic rings. The molecule has 0 aliphatic heterocycles. The van der Waals surface area contributed by atoms with E-state index >= 15 is 0 Å². The molecular formula is C12H10F3NO2S. The number of hydrogen-bond donors (Lipinski definition) is 2. The molecule has 1 amide bonds. The first kappa shape index (κ1) is 13.9. The first-order chi connectivity index (χ1) is 8.88. The minimum atomic E-state index is -4.42. The third kappa shape index (κ3) is 2.91. The largest absolute Gasteiger partial charge is 0.411 e. The van der Waals surface area contributed by atoms with E-state index < -0.39 is 17.6 Å². The smallest absolute Gasteiger partial charge is 0.384 e. The van der Waals surface area contributed by atoms with Crippen LogP contribution in [0.25, 0.3) is 0 Å². The Labute approximate surface area is 111 Å². The standard InChI is InChI=1S/C12H10F3NO2S/c13-12(14,15)11(3-4-11)16-10(18)8-6-9(19-7-8)2-1-5-17/h6-7,17H,3-5H2,(H,16,18). The van der Waals surface area contributed by atoms with Crippen molar-refractivity contribution in [1.29, 1.82) is 0 Å². The van der Waals surface area contributed by atoms with Crippen LogP contribution in [0.3, 0.4) is 0 Å². The minimum Gasteiger partial charge on any atom is -0.384 e. The van der Waals surface area contributed by atoms with Gasteiger partial charge < -0.3 is 10.4 Å². The summed E-state index contributed by atoms with van der Waals surface area (Å²) < 4.78 is 38.0. The summed E-state index contributed by atoms with van der Waals surface area (Å²) in [6, 6.07) is 1.41. The fraction of sp³-hybridized carbons (Fsp3) is 0.417. The summed E-state index contributed by atoms with van der Waals surface area (Å²) in [4.78, 5) is 12.3. The van der Waals surface area contributed by atoms with E-state index in [2.05, 4.69) is 11.8 Å². The van der Waals surface area contributed by atoms with Gasteiger partial charge in [0.25, 0.3) is 5.91 Å². The van der Waals surface area contributed by atoms with Crippen LogP contribution in [0.4, 0.5) is 13.2 Å². The molecule has 0 radical (unpaired) electrons. The van der Waals surface area contributed by atoms with E-state index in [1.165, 1.54) is 11.4 Å². The molecule has 1 aromatic heterocycles. The highest BCUT2D eigenvalue weighted by molar-refractivity contribution is 7.10. The lowest BCUT2D eigenvalue weighted by molar-refractivity contribution is -0.163. The Morgan fingerprint density at radius 1 is 1.53 bits per heavy atom. The van der Waals surface area contributed by atoms with Crippen LogP contribution in [0.15, 0.2) is 11.4 Å². The van der Waals surface area contributed by atoms with Crippen LogP contribution in [-0.4, -0.2) is 29.3 Å². The number of aliphatic hydroxyl groups excluding tert-OH is 1. The van der Waals surface area contributed by atoms with Crippen molar-refractivity contribution in [2.24, 2.45) is 0 Å². The second kappa shape index (κ2) is 4.87. The highest BCUT2D eigenvalue weighted by Gasteiger charge is 2.64. The summed E-state index contributed by atoms with van der Waals surface area (Å²) in [6.07, 6.45) is -4.58. The molecule has 7 heteroatoms. The van der Waals surface area contributed by atoms with Gasteiger partial charge in [-0.1, -0.05) is 11.8 Å². The van der Waals surface area contributed by atoms with E-state index in [-0.39, 0.29) is 25.0 Å². The molecule has 0 atom stereocenters. The summed E-state index contributed by atoms with van der Waals surface area (Å²) in [5, 5.41) is 12.0. The Morgan fingerprint density at radius 3 is 2.74 bits per heavy atom. The number of hydrogen-bond acceptors (Lipinski definition) is 3. The third-order valence-corrected chi connectivity index (χ3v) is 3.64. The topological polar surface area (TPSA) is 49.3 Å². The maximum atomic E-state index is 12.7. The van der Waals surface area contributed by atoms with Gasteiger partial charge in [-0.05, 0) is 18.9 Å². The van der Waals surface area contributed by atoms with E-state index in [0.29, 0.717) is 4.88 Å². The summed E-state index contributed by atoms with van der Waals surface area (Å²) in [5.41, 5.74) is -1.90. The number of nitrogens with one attached hydrogen (secondary N) is 1. The predicted molar refractivity (Wildman–Crippen MR) is 63.8 cm³/mol. The monoisotopic (exact) mass is 289 g/mol. The number of rotatable bonds is 2. The van der Waals surface area contributed by atoms with E-state index in [9.17, 15) is 18.0 Å². The zero-order chi connectivity index (χ0) is 14.1. The van der Waals surface area contributed by atoms with Gasteiger partial charge in [0.15, 0.2) is 0 Å². The normalized spacial score (nSPS) is 16.4. The lowest BCUT2D eigenvalue weighted by Crippen LogP contribution is -2.47. The SMILES string of the molecule is O=C(NC1(C(F)(F)F)CC1)c1csc(C#CCO)c1. The van der Waals surface area contributed by atoms with Crippen LogP contribution in [0.5, 0.6) is 0 Å². The average molecular weight is 289 g/mol. The Kier molecular flexibility index (Phi) is 3.56. The van der Waals surface area contributed by atoms with Crippen molar-refractivity contribution in [3.63, 3.8) is 0 Å². The second-order valence-electron chi connectivity index (χ2n) is 4.19. The summed E-state index contributed by atoms with van der Waals surface area (Å²) in [6.45, 7) is -0.309. The summed E-state index contributed by atoms with van der Waals surface area (Å²) >= 11 is 1.14. The molecule has 1 aliphatic carbocycles. The van der Waals surface area contributed by atoms with Crippen molar-refractivity contribution in [3.05, 3.63) is 21.9 Å². The maximum Gasteiger partial charge on any atom is 0.411 e. The molecule has 2 rings (SSSR count). The van der Waals surface area contributed by atoms with Gasteiger partial charge in [-0.3, -0.25) is 4.79 Å². The van der Waals surface area contributed by atoms with Gasteiger partial charge in [-0.2, -0.15) is 13.2 Å². The van der Waals surface area contributed by atoms with Gasteiger partial charge in [0.1, 0.15) is 12.1 Å². The molecule has 0 saturated heterocycles. The molecule has 2 N–H and O–H groups in total. The van der Waals surface area contributed by atoms with Crippen molar-refractivity contribution in [2.75, 3.05) is 6.61 Å². The van der Waals surface area contributed by atoms with Crippen LogP contribution in [0, 0.1) is 11.8 Å². The molecule has 0 spiro atoms. The average Bonchev–Trinajstić information content (AvgIpc) is 2.97. The van der Waals surface area contributed by atoms with Crippen molar-refractivity contribution in [1.82, 2.24) is 5.32 Å². The fourth-order valence-electron chi connectivity index (χ4n) is 1.54. The molecule has 1 fully saturated rings. The first-order valence-electron chi connectivity index (χ1n) is 5.45. The highest BCUT2D eigenvalue weighted by Crippen LogP contribution is 2.49. The zero-order valence-electron chi connectivity index (χ0n) is 9.67. The quantitative estimate of drug-likeness (QED) is 0.817. The zero-order valence-corrected chi connectivity index (χ0v) is 10.5. The first-order valence-corrected chi connectivity index (χ1v) is 6.33. The molecule has 1 heterocycles. The van der Waals surface area contributed by atoms with E-state index in [1.54, 1.807) is 0 Å². The number of carbonyl (C=O) groups is 1. The van der Waals surface area contributed by atoms with Gasteiger partial charge in [0.05, 0.1) is 10.4 Å². The van der Waals surface area contributed by atoms with Crippen molar-refractivity contribution >= 4 is 17.2 Å². The Morgan fingerprint density at radius 2 is 2.21 bits per heavy atom. The fourth-order valence-corrected chi connectivity index (χ4v) is 2.30. The van der Waals surface area contributed by atoms with Crippen molar-refractivity contribution in [2.45, 2.75) is 24.6 Å². The van der Waals surface area contributed by atoms with Crippen LogP contribution >= 0.6 is 11.3 Å². The molecule has 1 saturated carbocycles. The van der Waals surface area contributed by atoms with Gasteiger partial charge in [0.2, 0.25) is 0 Å². The van der Waals surface area contributed by atoms with Gasteiger partial charge in [-0.15, -0.1) is 11.3 Å². The lowest BCUT2D eigenvalue weighted by atomic mass is 10.2. The Hall–Kier alpha value is -1.52. The van der Waals surface area contributed by atoms with Crippen LogP contribution < -0.4 is 5.32 Å². The van der Waals surface area contributed by atoms with E-state index in [4.69, 9.17) is 5.11 Å². The van der Waals surface area contributed by atoms with Gasteiger partial charge in [-0.25, -0.2) is 0 Å². The van der Waals surface area contributed by atoms with E-state index in [1.807, 2.05) is 5.32 Å². The highest BCUT2D eigenvalue weighted by atomic mass is 32.1. The molecular weight excluding hydrogens is 279 g/mol. The minimum absolute atomic E-state index is 0.0798. The van der Waals surface area contributed by atoms with Crippen molar-refractivity contribution in [3.8, 4) is 11.8 Å². The van der Waals surface area contributed by atoms with Crippen LogP contribution in [-0.2, 0) is 0 Å². The number of amides is 1. The molecule has 3 nitrogen and oxygen atoms in total. The maximum absolute atomic E-state index is 12.7. The third-order valence-electron chi connectivity index (χ3n) is 2.80. The number of thiophene rings is 1. The predicted octanol–water partition coefficient (Wildman–Crippen LogP) is 1.92. The Bertz CT molecular complexity index is 549. The van der Waals surface area contributed by atoms with Gasteiger partial charge in [0, 0.05) is 5.38 Å². The van der Waals surface area contributed by atoms with Crippen LogP contribution in [0.2, 0.25) is 0 Å². The molecule has 19 heavy (non-hydrogen) atoms. The molecule has 102 valence electrons.